The lowest BCUT2D eigenvalue weighted by atomic mass is 9.88. The summed E-state index contributed by atoms with van der Waals surface area (Å²) in [6.45, 7) is 7.50. The van der Waals surface area contributed by atoms with Crippen LogP contribution in [0, 0.1) is 0 Å². The molecule has 168 valence electrons. The summed E-state index contributed by atoms with van der Waals surface area (Å²) in [4.78, 5) is 21.3. The molecule has 32 heavy (non-hydrogen) atoms. The van der Waals surface area contributed by atoms with Crippen molar-refractivity contribution in [3.8, 4) is 5.75 Å². The number of piperidine rings is 1. The summed E-state index contributed by atoms with van der Waals surface area (Å²) in [7, 11) is 0. The topological polar surface area (TPSA) is 72.2 Å². The molecule has 3 aliphatic rings. The van der Waals surface area contributed by atoms with E-state index in [4.69, 9.17) is 19.6 Å². The van der Waals surface area contributed by atoms with Crippen molar-refractivity contribution in [1.82, 2.24) is 19.5 Å². The van der Waals surface area contributed by atoms with Gasteiger partial charge in [0, 0.05) is 13.1 Å². The molecule has 2 unspecified atom stereocenters. The van der Waals surface area contributed by atoms with Gasteiger partial charge in [-0.3, -0.25) is 4.90 Å². The molecule has 0 aliphatic carbocycles. The number of hydrogen-bond donors (Lipinski definition) is 0. The lowest BCUT2D eigenvalue weighted by molar-refractivity contribution is -0.0381. The Kier molecular flexibility index (Phi) is 5.23. The number of amides is 1. The van der Waals surface area contributed by atoms with Crippen LogP contribution in [0.1, 0.15) is 32.8 Å². The molecule has 2 atom stereocenters. The van der Waals surface area contributed by atoms with Crippen LogP contribution in [-0.2, 0) is 11.3 Å². The number of aromatic nitrogens is 3. The number of nitrogens with zero attached hydrogens (tertiary/aromatic N) is 5. The first-order chi connectivity index (χ1) is 15.3. The first-order valence-electron chi connectivity index (χ1n) is 10.8. The standard InChI is InChI=1S/C23H26BrN5O3/c1-23(2,3)32-22(30)28-16-11-17(28)13-27(12-16)21-25-20-18(9-10-19(24)29(20)26-21)31-14-15-7-5-4-6-8-15/h4-10,16-17H,11-14H2,1-3H3. The molecular formula is C23H26BrN5O3. The molecule has 1 amide bonds. The van der Waals surface area contributed by atoms with Crippen molar-refractivity contribution in [3.05, 3.63) is 52.6 Å². The van der Waals surface area contributed by atoms with Crippen molar-refractivity contribution in [3.63, 3.8) is 0 Å². The molecule has 2 aromatic heterocycles. The zero-order valence-electron chi connectivity index (χ0n) is 18.4. The normalized spacial score (nSPS) is 20.2. The van der Waals surface area contributed by atoms with Crippen LogP contribution in [0.4, 0.5) is 10.7 Å². The molecule has 3 aliphatic heterocycles. The molecule has 6 rings (SSSR count). The second-order valence-electron chi connectivity index (χ2n) is 9.28. The third-order valence-electron chi connectivity index (χ3n) is 5.71. The number of ether oxygens (including phenoxy) is 2. The van der Waals surface area contributed by atoms with E-state index in [0.29, 0.717) is 37.0 Å². The largest absolute Gasteiger partial charge is 0.485 e. The Balaban J connectivity index is 1.33. The molecule has 9 heteroatoms. The quantitative estimate of drug-likeness (QED) is 0.499. The number of carbonyl (C=O) groups is 1. The second kappa shape index (κ2) is 7.95. The third kappa shape index (κ3) is 4.01. The van der Waals surface area contributed by atoms with Crippen molar-refractivity contribution in [2.24, 2.45) is 0 Å². The predicted octanol–water partition coefficient (Wildman–Crippen LogP) is 4.27. The minimum atomic E-state index is -0.494. The van der Waals surface area contributed by atoms with Crippen LogP contribution in [0.25, 0.3) is 5.65 Å². The molecule has 0 spiro atoms. The van der Waals surface area contributed by atoms with Gasteiger partial charge in [0.25, 0.3) is 0 Å². The number of fused-ring (bicyclic) bond motifs is 3. The summed E-state index contributed by atoms with van der Waals surface area (Å²) in [5.41, 5.74) is 1.26. The molecule has 0 saturated carbocycles. The summed E-state index contributed by atoms with van der Waals surface area (Å²) in [5, 5.41) is 4.71. The van der Waals surface area contributed by atoms with E-state index in [1.165, 1.54) is 0 Å². The van der Waals surface area contributed by atoms with Gasteiger partial charge in [-0.25, -0.2) is 9.31 Å². The van der Waals surface area contributed by atoms with E-state index in [1.807, 2.05) is 68.1 Å². The number of rotatable bonds is 4. The molecule has 0 N–H and O–H groups in total. The van der Waals surface area contributed by atoms with Crippen LogP contribution in [0.5, 0.6) is 5.75 Å². The fraction of sp³-hybridized carbons (Fsp3) is 0.435. The van der Waals surface area contributed by atoms with Crippen LogP contribution >= 0.6 is 15.9 Å². The van der Waals surface area contributed by atoms with Crippen LogP contribution < -0.4 is 9.64 Å². The van der Waals surface area contributed by atoms with Gasteiger partial charge in [0.15, 0.2) is 5.75 Å². The maximum atomic E-state index is 12.5. The third-order valence-corrected chi connectivity index (χ3v) is 6.31. The van der Waals surface area contributed by atoms with Crippen molar-refractivity contribution in [2.75, 3.05) is 18.0 Å². The van der Waals surface area contributed by atoms with Crippen molar-refractivity contribution < 1.29 is 14.3 Å². The summed E-state index contributed by atoms with van der Waals surface area (Å²) in [5.74, 6) is 1.31. The Morgan fingerprint density at radius 3 is 2.53 bits per heavy atom. The van der Waals surface area contributed by atoms with Gasteiger partial charge in [0.2, 0.25) is 11.6 Å². The number of piperazine rings is 1. The molecule has 1 aromatic carbocycles. The molecule has 2 bridgehead atoms. The van der Waals surface area contributed by atoms with E-state index in [9.17, 15) is 4.79 Å². The Morgan fingerprint density at radius 2 is 1.84 bits per heavy atom. The van der Waals surface area contributed by atoms with Crippen molar-refractivity contribution >= 4 is 33.6 Å². The van der Waals surface area contributed by atoms with E-state index in [1.54, 1.807) is 4.52 Å². The van der Waals surface area contributed by atoms with Gasteiger partial charge in [-0.1, -0.05) is 30.3 Å². The number of carbonyl (C=O) groups excluding carboxylic acids is 1. The zero-order chi connectivity index (χ0) is 22.5. The molecule has 3 saturated heterocycles. The van der Waals surface area contributed by atoms with E-state index < -0.39 is 5.60 Å². The van der Waals surface area contributed by atoms with Gasteiger partial charge in [-0.05, 0) is 60.8 Å². The molecule has 5 heterocycles. The summed E-state index contributed by atoms with van der Waals surface area (Å²) >= 11 is 3.56. The summed E-state index contributed by atoms with van der Waals surface area (Å²) in [6.07, 6.45) is 0.749. The molecule has 3 aromatic rings. The highest BCUT2D eigenvalue weighted by atomic mass is 79.9. The first-order valence-corrected chi connectivity index (χ1v) is 11.6. The number of pyridine rings is 1. The Hall–Kier alpha value is -2.81. The highest BCUT2D eigenvalue weighted by molar-refractivity contribution is 9.10. The number of halogens is 1. The van der Waals surface area contributed by atoms with Gasteiger partial charge in [0.05, 0.1) is 12.1 Å². The first kappa shape index (κ1) is 21.1. The van der Waals surface area contributed by atoms with Crippen LogP contribution in [-0.4, -0.2) is 56.4 Å². The van der Waals surface area contributed by atoms with Gasteiger partial charge in [-0.2, -0.15) is 4.98 Å². The fourth-order valence-electron chi connectivity index (χ4n) is 4.27. The smallest absolute Gasteiger partial charge is 0.410 e. The molecular weight excluding hydrogens is 474 g/mol. The van der Waals surface area contributed by atoms with E-state index in [0.717, 1.165) is 16.6 Å². The maximum absolute atomic E-state index is 12.5. The van der Waals surface area contributed by atoms with E-state index >= 15 is 0 Å². The Labute approximate surface area is 195 Å². The highest BCUT2D eigenvalue weighted by Gasteiger charge is 2.49. The lowest BCUT2D eigenvalue weighted by Gasteiger charge is -2.55. The van der Waals surface area contributed by atoms with Crippen molar-refractivity contribution in [2.45, 2.75) is 51.5 Å². The number of anilines is 1. The average Bonchev–Trinajstić information content (AvgIpc) is 3.19. The Morgan fingerprint density at radius 1 is 1.12 bits per heavy atom. The minimum absolute atomic E-state index is 0.118. The molecule has 0 radical (unpaired) electrons. The summed E-state index contributed by atoms with van der Waals surface area (Å²) < 4.78 is 14.2. The minimum Gasteiger partial charge on any atom is -0.485 e. The summed E-state index contributed by atoms with van der Waals surface area (Å²) in [6, 6.07) is 14.1. The lowest BCUT2D eigenvalue weighted by Crippen LogP contribution is -2.70. The van der Waals surface area contributed by atoms with Crippen LogP contribution in [0.3, 0.4) is 0 Å². The van der Waals surface area contributed by atoms with Gasteiger partial charge >= 0.3 is 6.09 Å². The molecule has 8 nitrogen and oxygen atoms in total. The van der Waals surface area contributed by atoms with E-state index in [-0.39, 0.29) is 18.2 Å². The van der Waals surface area contributed by atoms with Gasteiger partial charge in [0.1, 0.15) is 16.8 Å². The second-order valence-corrected chi connectivity index (χ2v) is 10.1. The SMILES string of the molecule is CC(C)(C)OC(=O)N1C2CC1CN(c1nc3c(OCc4ccccc4)ccc(Br)n3n1)C2. The van der Waals surface area contributed by atoms with Gasteiger partial charge in [-0.15, -0.1) is 5.10 Å². The Bertz CT molecular complexity index is 1130. The van der Waals surface area contributed by atoms with Gasteiger partial charge < -0.3 is 14.4 Å². The highest BCUT2D eigenvalue weighted by Crippen LogP contribution is 2.36. The number of benzene rings is 1. The monoisotopic (exact) mass is 499 g/mol. The van der Waals surface area contributed by atoms with Crippen molar-refractivity contribution in [1.29, 1.82) is 0 Å². The number of hydrogen-bond acceptors (Lipinski definition) is 6. The zero-order valence-corrected chi connectivity index (χ0v) is 19.9. The fourth-order valence-corrected chi connectivity index (χ4v) is 4.65. The van der Waals surface area contributed by atoms with Crippen LogP contribution in [0.2, 0.25) is 0 Å². The maximum Gasteiger partial charge on any atom is 0.410 e. The van der Waals surface area contributed by atoms with E-state index in [2.05, 4.69) is 20.8 Å². The average molecular weight is 500 g/mol. The molecule has 3 fully saturated rings. The van der Waals surface area contributed by atoms with Crippen LogP contribution in [0.15, 0.2) is 47.1 Å². The predicted molar refractivity (Wildman–Crippen MR) is 124 cm³/mol.